The number of carbonyl (C=O) groups excluding carboxylic acids is 1. The summed E-state index contributed by atoms with van der Waals surface area (Å²) in [6, 6.07) is -0.205. The molecule has 0 radical (unpaired) electrons. The van der Waals surface area contributed by atoms with Crippen LogP contribution in [0.25, 0.3) is 0 Å². The van der Waals surface area contributed by atoms with E-state index in [1.54, 1.807) is 18.9 Å². The Morgan fingerprint density at radius 1 is 1.55 bits per heavy atom. The number of hydrogen-bond acceptors (Lipinski definition) is 8. The van der Waals surface area contributed by atoms with Gasteiger partial charge in [0.05, 0.1) is 11.6 Å². The minimum atomic E-state index is -1.05. The summed E-state index contributed by atoms with van der Waals surface area (Å²) in [6.45, 7) is 4.70. The number of carboxylic acid groups (broad SMARTS) is 1. The largest absolute Gasteiger partial charge is 0.476 e. The van der Waals surface area contributed by atoms with E-state index in [-0.39, 0.29) is 23.9 Å². The van der Waals surface area contributed by atoms with Crippen LogP contribution in [0.5, 0.6) is 0 Å². The Kier molecular flexibility index (Phi) is 8.94. The van der Waals surface area contributed by atoms with Crippen LogP contribution < -0.4 is 0 Å². The zero-order chi connectivity index (χ0) is 21.4. The average molecular weight is 445 g/mol. The fourth-order valence-corrected chi connectivity index (χ4v) is 4.80. The van der Waals surface area contributed by atoms with Gasteiger partial charge in [0.2, 0.25) is 0 Å². The second-order valence-corrected chi connectivity index (χ2v) is 9.35. The van der Waals surface area contributed by atoms with Crippen LogP contribution in [0.1, 0.15) is 43.6 Å². The Bertz CT molecular complexity index is 721. The maximum absolute atomic E-state index is 12.2. The molecule has 8 nitrogen and oxygen atoms in total. The molecule has 1 aliphatic heterocycles. The third-order valence-corrected chi connectivity index (χ3v) is 6.58. The van der Waals surface area contributed by atoms with Gasteiger partial charge in [-0.3, -0.25) is 4.90 Å². The highest BCUT2D eigenvalue weighted by atomic mass is 32.2. The summed E-state index contributed by atoms with van der Waals surface area (Å²) in [4.78, 5) is 28.8. The molecule has 1 aromatic rings. The summed E-state index contributed by atoms with van der Waals surface area (Å²) < 4.78 is 11.0. The topological polar surface area (TPSA) is 109 Å². The summed E-state index contributed by atoms with van der Waals surface area (Å²) in [5.74, 6) is -0.471. The Labute approximate surface area is 178 Å². The summed E-state index contributed by atoms with van der Waals surface area (Å²) in [7, 11) is 1.64. The first-order chi connectivity index (χ1) is 13.7. The Morgan fingerprint density at radius 3 is 2.97 bits per heavy atom. The average Bonchev–Trinajstić information content (AvgIpc) is 3.21. The normalized spacial score (nSPS) is 21.5. The Hall–Kier alpha value is -1.62. The fourth-order valence-electron chi connectivity index (χ4n) is 2.99. The van der Waals surface area contributed by atoms with Crippen LogP contribution in [0, 0.1) is 0 Å². The maximum atomic E-state index is 12.2. The van der Waals surface area contributed by atoms with Crippen LogP contribution in [0.4, 0.5) is 4.79 Å². The first kappa shape index (κ1) is 23.7. The van der Waals surface area contributed by atoms with Crippen LogP contribution >= 0.6 is 23.1 Å². The Morgan fingerprint density at radius 2 is 2.31 bits per heavy atom. The second kappa shape index (κ2) is 11.0. The molecule has 0 bridgehead atoms. The first-order valence-electron chi connectivity index (χ1n) is 9.40. The summed E-state index contributed by atoms with van der Waals surface area (Å²) in [5.41, 5.74) is -0.792. The van der Waals surface area contributed by atoms with E-state index in [0.717, 1.165) is 6.42 Å². The number of aliphatic hydroxyl groups is 1. The molecule has 1 aliphatic rings. The van der Waals surface area contributed by atoms with Crippen molar-refractivity contribution in [2.45, 2.75) is 55.2 Å². The smallest absolute Gasteiger partial charge is 0.410 e. The highest BCUT2D eigenvalue weighted by molar-refractivity contribution is 8.01. The van der Waals surface area contributed by atoms with E-state index in [0.29, 0.717) is 36.1 Å². The van der Waals surface area contributed by atoms with Crippen LogP contribution in [0.3, 0.4) is 0 Å². The molecule has 0 aromatic carbocycles. The molecule has 2 N–H and O–H groups in total. The quantitative estimate of drug-likeness (QED) is 0.287. The molecular weight excluding hydrogens is 416 g/mol. The second-order valence-electron chi connectivity index (χ2n) is 7.15. The highest BCUT2D eigenvalue weighted by Gasteiger charge is 2.37. The van der Waals surface area contributed by atoms with Crippen molar-refractivity contribution in [3.63, 3.8) is 0 Å². The lowest BCUT2D eigenvalue weighted by molar-refractivity contribution is 0.0432. The number of carbonyl (C=O) groups is 2. The lowest BCUT2D eigenvalue weighted by atomic mass is 9.95. The number of thiazole rings is 1. The van der Waals surface area contributed by atoms with E-state index in [9.17, 15) is 14.7 Å². The third-order valence-electron chi connectivity index (χ3n) is 4.58. The van der Waals surface area contributed by atoms with Crippen LogP contribution in [-0.4, -0.2) is 75.9 Å². The van der Waals surface area contributed by atoms with Gasteiger partial charge in [-0.25, -0.2) is 14.6 Å². The molecule has 1 unspecified atom stereocenters. The van der Waals surface area contributed by atoms with Gasteiger partial charge in [-0.2, -0.15) is 0 Å². The molecule has 10 heteroatoms. The van der Waals surface area contributed by atoms with Crippen molar-refractivity contribution >= 4 is 35.2 Å². The maximum Gasteiger partial charge on any atom is 0.410 e. The molecule has 1 amide bonds. The molecule has 3 atom stereocenters. The predicted molar refractivity (Wildman–Crippen MR) is 112 cm³/mol. The van der Waals surface area contributed by atoms with E-state index in [4.69, 9.17) is 14.6 Å². The van der Waals surface area contributed by atoms with Crippen molar-refractivity contribution in [1.29, 1.82) is 0 Å². The number of aromatic carboxylic acids is 1. The number of carboxylic acids is 1. The molecule has 162 valence electrons. The summed E-state index contributed by atoms with van der Waals surface area (Å²) >= 11 is 2.68. The van der Waals surface area contributed by atoms with Gasteiger partial charge in [0.1, 0.15) is 6.10 Å². The van der Waals surface area contributed by atoms with Crippen LogP contribution in [-0.2, 0) is 9.47 Å². The molecule has 1 aromatic heterocycles. The van der Waals surface area contributed by atoms with E-state index >= 15 is 0 Å². The van der Waals surface area contributed by atoms with Crippen molar-refractivity contribution in [2.75, 3.05) is 26.0 Å². The van der Waals surface area contributed by atoms with E-state index in [1.165, 1.54) is 28.5 Å². The fraction of sp³-hybridized carbons (Fsp3) is 0.632. The number of ether oxygens (including phenoxy) is 2. The molecule has 0 aliphatic carbocycles. The zero-order valence-corrected chi connectivity index (χ0v) is 18.5. The number of methoxy groups -OCH3 is 1. The molecule has 29 heavy (non-hydrogen) atoms. The number of rotatable bonds is 12. The van der Waals surface area contributed by atoms with E-state index < -0.39 is 11.6 Å². The number of thioether (sulfide) groups is 1. The van der Waals surface area contributed by atoms with Crippen molar-refractivity contribution in [3.05, 3.63) is 23.2 Å². The molecule has 0 spiro atoms. The minimum Gasteiger partial charge on any atom is -0.476 e. The van der Waals surface area contributed by atoms with Crippen molar-refractivity contribution in [2.24, 2.45) is 0 Å². The third kappa shape index (κ3) is 7.29. The van der Waals surface area contributed by atoms with Gasteiger partial charge in [0.25, 0.3) is 0 Å². The summed E-state index contributed by atoms with van der Waals surface area (Å²) in [5, 5.41) is 20.9. The van der Waals surface area contributed by atoms with Crippen LogP contribution in [0.2, 0.25) is 0 Å². The number of aromatic nitrogens is 1. The number of nitrogens with zero attached hydrogens (tertiary/aromatic N) is 2. The van der Waals surface area contributed by atoms with Gasteiger partial charge in [-0.15, -0.1) is 11.3 Å². The monoisotopic (exact) mass is 444 g/mol. The number of hydrogen-bond donors (Lipinski definition) is 2. The molecule has 0 saturated carbocycles. The SMILES string of the molecule is COCCCC(C)(O)C/C=C/[C@H]1[C@H](C)OC(=O)N1CCSc1nc(C(=O)O)cs1. The van der Waals surface area contributed by atoms with E-state index in [1.807, 2.05) is 19.1 Å². The first-order valence-corrected chi connectivity index (χ1v) is 11.3. The zero-order valence-electron chi connectivity index (χ0n) is 16.9. The van der Waals surface area contributed by atoms with Crippen molar-refractivity contribution in [3.8, 4) is 0 Å². The molecular formula is C19H28N2O6S2. The van der Waals surface area contributed by atoms with Crippen LogP contribution in [0.15, 0.2) is 21.9 Å². The van der Waals surface area contributed by atoms with Gasteiger partial charge in [0, 0.05) is 31.4 Å². The van der Waals surface area contributed by atoms with E-state index in [2.05, 4.69) is 4.98 Å². The van der Waals surface area contributed by atoms with Gasteiger partial charge in [-0.05, 0) is 33.1 Å². The van der Waals surface area contributed by atoms with Gasteiger partial charge >= 0.3 is 12.1 Å². The minimum absolute atomic E-state index is 0.0325. The molecule has 1 fully saturated rings. The van der Waals surface area contributed by atoms with Crippen molar-refractivity contribution in [1.82, 2.24) is 9.88 Å². The van der Waals surface area contributed by atoms with Gasteiger partial charge in [0.15, 0.2) is 10.0 Å². The molecule has 2 rings (SSSR count). The van der Waals surface area contributed by atoms with Gasteiger partial charge < -0.3 is 19.7 Å². The number of amides is 1. The lowest BCUT2D eigenvalue weighted by Gasteiger charge is -2.23. The molecule has 2 heterocycles. The highest BCUT2D eigenvalue weighted by Crippen LogP contribution is 2.26. The standard InChI is InChI=1S/C19H28N2O6S2/c1-13-15(6-4-7-19(2,25)8-5-10-26-3)21(18(24)27-13)9-11-28-17-20-14(12-29-17)16(22)23/h4,6,12-13,15,25H,5,7-11H2,1-3H3,(H,22,23)/b6-4+/t13-,15-,19?/m0/s1. The van der Waals surface area contributed by atoms with Crippen molar-refractivity contribution < 1.29 is 29.3 Å². The lowest BCUT2D eigenvalue weighted by Crippen LogP contribution is -2.36. The number of cyclic esters (lactones) is 1. The Balaban J connectivity index is 1.87. The molecule has 1 saturated heterocycles. The summed E-state index contributed by atoms with van der Waals surface area (Å²) in [6.07, 6.45) is 5.06. The predicted octanol–water partition coefficient (Wildman–Crippen LogP) is 3.27. The van der Waals surface area contributed by atoms with Gasteiger partial charge in [-0.1, -0.05) is 23.9 Å².